The Morgan fingerprint density at radius 3 is 2.62 bits per heavy atom. The highest BCUT2D eigenvalue weighted by Gasteiger charge is 2.22. The van der Waals surface area contributed by atoms with Crippen LogP contribution in [-0.4, -0.2) is 61.5 Å². The maximum Gasteiger partial charge on any atom is 0.252 e. The number of aliphatic hydroxyl groups excluding tert-OH is 4. The van der Waals surface area contributed by atoms with Crippen LogP contribution in [0.2, 0.25) is 0 Å². The summed E-state index contributed by atoms with van der Waals surface area (Å²) in [6.45, 7) is -0.701. The van der Waals surface area contributed by atoms with E-state index in [-0.39, 0.29) is 5.95 Å². The van der Waals surface area contributed by atoms with E-state index in [1.165, 1.54) is 6.07 Å². The topological polar surface area (TPSA) is 151 Å². The molecule has 0 bridgehead atoms. The van der Waals surface area contributed by atoms with Gasteiger partial charge in [0, 0.05) is 11.6 Å². The molecular formula is C15H18N4O5. The molecule has 2 rings (SSSR count). The van der Waals surface area contributed by atoms with Crippen molar-refractivity contribution >= 4 is 12.2 Å². The third-order valence-electron chi connectivity index (χ3n) is 3.14. The Hall–Kier alpha value is -2.59. The van der Waals surface area contributed by atoms with Crippen molar-refractivity contribution in [3.8, 4) is 11.3 Å². The van der Waals surface area contributed by atoms with E-state index in [1.54, 1.807) is 12.1 Å². The summed E-state index contributed by atoms with van der Waals surface area (Å²) in [6, 6.07) is 10.4. The maximum absolute atomic E-state index is 11.7. The van der Waals surface area contributed by atoms with Gasteiger partial charge in [-0.05, 0) is 0 Å². The lowest BCUT2D eigenvalue weighted by atomic mass is 10.1. The maximum atomic E-state index is 11.7. The summed E-state index contributed by atoms with van der Waals surface area (Å²) < 4.78 is 0. The minimum absolute atomic E-state index is 0.0435. The van der Waals surface area contributed by atoms with Crippen LogP contribution < -0.4 is 11.0 Å². The fraction of sp³-hybridized carbons (Fsp3) is 0.267. The molecule has 1 aromatic heterocycles. The summed E-state index contributed by atoms with van der Waals surface area (Å²) in [5.74, 6) is 0.0435. The Bertz CT molecular complexity index is 734. The second-order valence-electron chi connectivity index (χ2n) is 4.97. The zero-order valence-electron chi connectivity index (χ0n) is 12.6. The first-order valence-electron chi connectivity index (χ1n) is 7.12. The van der Waals surface area contributed by atoms with Crippen LogP contribution >= 0.6 is 0 Å². The molecule has 0 aliphatic heterocycles. The monoisotopic (exact) mass is 334 g/mol. The first kappa shape index (κ1) is 17.8. The second-order valence-corrected chi connectivity index (χ2v) is 4.97. The van der Waals surface area contributed by atoms with Crippen LogP contribution in [0.1, 0.15) is 0 Å². The Kier molecular flexibility index (Phi) is 6.15. The average molecular weight is 334 g/mol. The average Bonchev–Trinajstić information content (AvgIpc) is 2.60. The number of nitrogens with one attached hydrogen (secondary N) is 2. The summed E-state index contributed by atoms with van der Waals surface area (Å²) in [6.07, 6.45) is -3.68. The van der Waals surface area contributed by atoms with Crippen LogP contribution in [0.4, 0.5) is 5.95 Å². The highest BCUT2D eigenvalue weighted by Crippen LogP contribution is 2.15. The fourth-order valence-electron chi connectivity index (χ4n) is 1.87. The van der Waals surface area contributed by atoms with E-state index >= 15 is 0 Å². The SMILES string of the molecule is O=c1cc(-c2ccccc2)nc(N/N=C/[C@@H](O)[C@@H](O)[C@@H](O)CO)[nH]1. The molecule has 2 aromatic rings. The molecule has 0 radical (unpaired) electrons. The molecule has 1 heterocycles. The molecule has 128 valence electrons. The molecule has 0 amide bonds. The summed E-state index contributed by atoms with van der Waals surface area (Å²) in [5, 5.41) is 40.6. The molecule has 0 unspecified atom stereocenters. The summed E-state index contributed by atoms with van der Waals surface area (Å²) in [7, 11) is 0. The molecule has 9 nitrogen and oxygen atoms in total. The van der Waals surface area contributed by atoms with E-state index in [0.29, 0.717) is 5.69 Å². The van der Waals surface area contributed by atoms with Crippen molar-refractivity contribution in [3.05, 3.63) is 46.8 Å². The number of aromatic amines is 1. The van der Waals surface area contributed by atoms with E-state index in [0.717, 1.165) is 11.8 Å². The lowest BCUT2D eigenvalue weighted by Crippen LogP contribution is -2.40. The second kappa shape index (κ2) is 8.31. The van der Waals surface area contributed by atoms with Gasteiger partial charge in [-0.1, -0.05) is 30.3 Å². The van der Waals surface area contributed by atoms with E-state index in [9.17, 15) is 20.1 Å². The van der Waals surface area contributed by atoms with Crippen molar-refractivity contribution in [1.29, 1.82) is 0 Å². The summed E-state index contributed by atoms with van der Waals surface area (Å²) >= 11 is 0. The highest BCUT2D eigenvalue weighted by atomic mass is 16.4. The number of nitrogens with zero attached hydrogens (tertiary/aromatic N) is 2. The van der Waals surface area contributed by atoms with E-state index in [2.05, 4.69) is 20.5 Å². The van der Waals surface area contributed by atoms with Crippen LogP contribution in [0.15, 0.2) is 46.3 Å². The minimum atomic E-state index is -1.59. The lowest BCUT2D eigenvalue weighted by molar-refractivity contribution is -0.0541. The number of H-pyrrole nitrogens is 1. The minimum Gasteiger partial charge on any atom is -0.394 e. The first-order chi connectivity index (χ1) is 11.5. The number of hydrazone groups is 1. The van der Waals surface area contributed by atoms with E-state index in [4.69, 9.17) is 5.11 Å². The molecule has 9 heteroatoms. The predicted octanol–water partition coefficient (Wildman–Crippen LogP) is -1.09. The van der Waals surface area contributed by atoms with Crippen molar-refractivity contribution in [3.63, 3.8) is 0 Å². The summed E-state index contributed by atoms with van der Waals surface area (Å²) in [4.78, 5) is 18.3. The number of aliphatic hydroxyl groups is 4. The summed E-state index contributed by atoms with van der Waals surface area (Å²) in [5.41, 5.74) is 3.22. The van der Waals surface area contributed by atoms with Gasteiger partial charge in [0.05, 0.1) is 18.5 Å². The molecule has 0 fully saturated rings. The zero-order valence-corrected chi connectivity index (χ0v) is 12.6. The van der Waals surface area contributed by atoms with Crippen molar-refractivity contribution in [2.75, 3.05) is 12.0 Å². The first-order valence-corrected chi connectivity index (χ1v) is 7.12. The van der Waals surface area contributed by atoms with Crippen molar-refractivity contribution in [1.82, 2.24) is 9.97 Å². The molecule has 3 atom stereocenters. The van der Waals surface area contributed by atoms with Gasteiger partial charge in [-0.3, -0.25) is 9.78 Å². The lowest BCUT2D eigenvalue weighted by Gasteiger charge is -2.17. The molecule has 24 heavy (non-hydrogen) atoms. The van der Waals surface area contributed by atoms with Gasteiger partial charge in [0.2, 0.25) is 5.95 Å². The Labute approximate surface area is 137 Å². The van der Waals surface area contributed by atoms with Crippen molar-refractivity contribution < 1.29 is 20.4 Å². The molecule has 0 aliphatic rings. The zero-order chi connectivity index (χ0) is 17.5. The molecular weight excluding hydrogens is 316 g/mol. The van der Waals surface area contributed by atoms with Gasteiger partial charge in [-0.2, -0.15) is 5.10 Å². The van der Waals surface area contributed by atoms with Crippen LogP contribution in [0.3, 0.4) is 0 Å². The van der Waals surface area contributed by atoms with Crippen LogP contribution in [-0.2, 0) is 0 Å². The van der Waals surface area contributed by atoms with E-state index < -0.39 is 30.5 Å². The smallest absolute Gasteiger partial charge is 0.252 e. The number of hydrogen-bond donors (Lipinski definition) is 6. The number of benzene rings is 1. The largest absolute Gasteiger partial charge is 0.394 e. The van der Waals surface area contributed by atoms with E-state index in [1.807, 2.05) is 18.2 Å². The normalized spacial score (nSPS) is 15.2. The Morgan fingerprint density at radius 1 is 1.25 bits per heavy atom. The van der Waals surface area contributed by atoms with Crippen molar-refractivity contribution in [2.24, 2.45) is 5.10 Å². The number of aromatic nitrogens is 2. The molecule has 6 N–H and O–H groups in total. The quantitative estimate of drug-likeness (QED) is 0.278. The molecule has 1 aromatic carbocycles. The number of hydrogen-bond acceptors (Lipinski definition) is 8. The van der Waals surface area contributed by atoms with Gasteiger partial charge in [0.25, 0.3) is 5.56 Å². The van der Waals surface area contributed by atoms with Crippen LogP contribution in [0, 0.1) is 0 Å². The van der Waals surface area contributed by atoms with Crippen LogP contribution in [0.25, 0.3) is 11.3 Å². The van der Waals surface area contributed by atoms with Crippen LogP contribution in [0.5, 0.6) is 0 Å². The Morgan fingerprint density at radius 2 is 1.96 bits per heavy atom. The molecule has 0 saturated heterocycles. The fourth-order valence-corrected chi connectivity index (χ4v) is 1.87. The number of rotatable bonds is 7. The standard InChI is InChI=1S/C15H18N4O5/c20-8-12(22)14(24)11(21)7-16-19-15-17-10(6-13(23)18-15)9-4-2-1-3-5-9/h1-7,11-12,14,20-22,24H,8H2,(H2,17,18,19,23)/b16-7+/t11-,12+,14-/m1/s1. The Balaban J connectivity index is 2.09. The van der Waals surface area contributed by atoms with Gasteiger partial charge in [-0.25, -0.2) is 10.4 Å². The van der Waals surface area contributed by atoms with Gasteiger partial charge in [0.15, 0.2) is 0 Å². The highest BCUT2D eigenvalue weighted by molar-refractivity contribution is 5.65. The van der Waals surface area contributed by atoms with Gasteiger partial charge < -0.3 is 20.4 Å². The van der Waals surface area contributed by atoms with Crippen molar-refractivity contribution in [2.45, 2.75) is 18.3 Å². The molecule has 0 spiro atoms. The van der Waals surface area contributed by atoms with Gasteiger partial charge in [-0.15, -0.1) is 0 Å². The third-order valence-corrected chi connectivity index (χ3v) is 3.14. The molecule has 0 aliphatic carbocycles. The van der Waals surface area contributed by atoms with Gasteiger partial charge in [0.1, 0.15) is 18.3 Å². The predicted molar refractivity (Wildman–Crippen MR) is 87.5 cm³/mol. The molecule has 0 saturated carbocycles. The van der Waals surface area contributed by atoms with Gasteiger partial charge >= 0.3 is 0 Å². The number of anilines is 1. The third kappa shape index (κ3) is 4.70.